The normalized spacial score (nSPS) is 12.8. The van der Waals surface area contributed by atoms with Crippen molar-refractivity contribution in [2.45, 2.75) is 38.0 Å². The minimum atomic E-state index is -3.58. The molecule has 0 saturated heterocycles. The minimum Gasteiger partial charge on any atom is -0.257 e. The Labute approximate surface area is 96.9 Å². The molecule has 0 atom stereocenters. The smallest absolute Gasteiger partial charge is 0.253 e. The third kappa shape index (κ3) is 2.61. The molecule has 16 heavy (non-hydrogen) atoms. The highest BCUT2D eigenvalue weighted by Crippen LogP contribution is 2.26. The van der Waals surface area contributed by atoms with E-state index in [-0.39, 0.29) is 10.3 Å². The number of aryl methyl sites for hydroxylation is 1. The maximum Gasteiger partial charge on any atom is 0.253 e. The Kier molecular flexibility index (Phi) is 3.42. The van der Waals surface area contributed by atoms with Crippen molar-refractivity contribution in [2.75, 3.05) is 0 Å². The summed E-state index contributed by atoms with van der Waals surface area (Å²) in [7, 11) is -3.58. The summed E-state index contributed by atoms with van der Waals surface area (Å²) in [6, 6.07) is 5.40. The van der Waals surface area contributed by atoms with Crippen molar-refractivity contribution in [1.29, 1.82) is 0 Å². The number of benzene rings is 1. The molecule has 5 heteroatoms. The molecule has 0 aliphatic carbocycles. The van der Waals surface area contributed by atoms with Crippen molar-refractivity contribution < 1.29 is 8.42 Å². The monoisotopic (exact) mass is 242 g/mol. The van der Waals surface area contributed by atoms with Crippen molar-refractivity contribution in [3.8, 4) is 0 Å². The van der Waals surface area contributed by atoms with Crippen molar-refractivity contribution in [3.05, 3.63) is 29.3 Å². The van der Waals surface area contributed by atoms with E-state index in [1.807, 2.05) is 31.7 Å². The summed E-state index contributed by atoms with van der Waals surface area (Å²) in [5, 5.41) is 0. The second-order valence-corrected chi connectivity index (χ2v) is 6.53. The second kappa shape index (κ2) is 4.16. The van der Waals surface area contributed by atoms with E-state index in [0.29, 0.717) is 5.56 Å². The molecule has 0 spiro atoms. The van der Waals surface area contributed by atoms with Crippen LogP contribution in [-0.2, 0) is 15.4 Å². The van der Waals surface area contributed by atoms with Crippen molar-refractivity contribution in [2.24, 2.45) is 5.84 Å². The van der Waals surface area contributed by atoms with Crippen LogP contribution in [0, 0.1) is 6.92 Å². The zero-order valence-corrected chi connectivity index (χ0v) is 10.9. The van der Waals surface area contributed by atoms with Gasteiger partial charge < -0.3 is 0 Å². The number of nitrogens with one attached hydrogen (secondary N) is 1. The Morgan fingerprint density at radius 2 is 1.81 bits per heavy atom. The lowest BCUT2D eigenvalue weighted by molar-refractivity contribution is 0.577. The first-order valence-electron chi connectivity index (χ1n) is 5.02. The molecule has 90 valence electrons. The van der Waals surface area contributed by atoms with E-state index in [0.717, 1.165) is 5.56 Å². The Morgan fingerprint density at radius 1 is 1.25 bits per heavy atom. The van der Waals surface area contributed by atoms with Gasteiger partial charge >= 0.3 is 0 Å². The molecule has 0 radical (unpaired) electrons. The number of hydrogen-bond donors (Lipinski definition) is 2. The molecule has 0 unspecified atom stereocenters. The SMILES string of the molecule is Cc1ccc(C(C)(C)C)cc1S(=O)(=O)NN. The molecular formula is C11H18N2O2S. The first-order valence-corrected chi connectivity index (χ1v) is 6.50. The van der Waals surface area contributed by atoms with Crippen LogP contribution in [-0.4, -0.2) is 8.42 Å². The fraction of sp³-hybridized carbons (Fsp3) is 0.455. The third-order valence-corrected chi connectivity index (χ3v) is 3.83. The molecule has 0 heterocycles. The van der Waals surface area contributed by atoms with Crippen molar-refractivity contribution in [1.82, 2.24) is 4.83 Å². The number of hydrazine groups is 1. The lowest BCUT2D eigenvalue weighted by atomic mass is 9.87. The summed E-state index contributed by atoms with van der Waals surface area (Å²) >= 11 is 0. The van der Waals surface area contributed by atoms with Crippen LogP contribution < -0.4 is 10.7 Å². The molecule has 1 aromatic rings. The van der Waals surface area contributed by atoms with Gasteiger partial charge in [0.15, 0.2) is 0 Å². The van der Waals surface area contributed by atoms with E-state index in [9.17, 15) is 8.42 Å². The van der Waals surface area contributed by atoms with E-state index < -0.39 is 10.0 Å². The summed E-state index contributed by atoms with van der Waals surface area (Å²) in [5.41, 5.74) is 1.56. The van der Waals surface area contributed by atoms with Gasteiger partial charge in [0.2, 0.25) is 0 Å². The van der Waals surface area contributed by atoms with Gasteiger partial charge in [-0.3, -0.25) is 5.84 Å². The number of nitrogens with two attached hydrogens (primary N) is 1. The summed E-state index contributed by atoms with van der Waals surface area (Å²) < 4.78 is 23.3. The molecule has 1 aromatic carbocycles. The number of hydrogen-bond acceptors (Lipinski definition) is 3. The van der Waals surface area contributed by atoms with Crippen LogP contribution in [0.2, 0.25) is 0 Å². The van der Waals surface area contributed by atoms with Crippen LogP contribution in [0.5, 0.6) is 0 Å². The fourth-order valence-corrected chi connectivity index (χ4v) is 2.32. The summed E-state index contributed by atoms with van der Waals surface area (Å²) in [5.74, 6) is 5.03. The standard InChI is InChI=1S/C11H18N2O2S/c1-8-5-6-9(11(2,3)4)7-10(8)16(14,15)13-12/h5-7,13H,12H2,1-4H3. The van der Waals surface area contributed by atoms with E-state index in [2.05, 4.69) is 0 Å². The van der Waals surface area contributed by atoms with Gasteiger partial charge in [-0.05, 0) is 29.5 Å². The van der Waals surface area contributed by atoms with Crippen LogP contribution in [0.3, 0.4) is 0 Å². The zero-order chi connectivity index (χ0) is 12.6. The molecule has 0 fully saturated rings. The first kappa shape index (κ1) is 13.2. The predicted octanol–water partition coefficient (Wildman–Crippen LogP) is 1.44. The van der Waals surface area contributed by atoms with Gasteiger partial charge in [0.1, 0.15) is 0 Å². The molecule has 0 aliphatic heterocycles. The Bertz CT molecular complexity index is 487. The predicted molar refractivity (Wildman–Crippen MR) is 64.4 cm³/mol. The molecule has 3 N–H and O–H groups in total. The van der Waals surface area contributed by atoms with Crippen LogP contribution in [0.1, 0.15) is 31.9 Å². The Morgan fingerprint density at radius 3 is 2.25 bits per heavy atom. The van der Waals surface area contributed by atoms with E-state index in [1.165, 1.54) is 0 Å². The average Bonchev–Trinajstić information content (AvgIpc) is 2.16. The van der Waals surface area contributed by atoms with Crippen molar-refractivity contribution >= 4 is 10.0 Å². The van der Waals surface area contributed by atoms with E-state index in [4.69, 9.17) is 5.84 Å². The van der Waals surface area contributed by atoms with Gasteiger partial charge in [0, 0.05) is 0 Å². The van der Waals surface area contributed by atoms with E-state index >= 15 is 0 Å². The molecule has 0 bridgehead atoms. The number of sulfonamides is 1. The Balaban J connectivity index is 3.42. The van der Waals surface area contributed by atoms with Crippen LogP contribution in [0.25, 0.3) is 0 Å². The lowest BCUT2D eigenvalue weighted by Crippen LogP contribution is -2.31. The Hall–Kier alpha value is -0.910. The third-order valence-electron chi connectivity index (χ3n) is 2.50. The quantitative estimate of drug-likeness (QED) is 0.609. The van der Waals surface area contributed by atoms with Gasteiger partial charge in [-0.25, -0.2) is 8.42 Å². The summed E-state index contributed by atoms with van der Waals surface area (Å²) in [6.45, 7) is 7.84. The maximum atomic E-state index is 11.7. The van der Waals surface area contributed by atoms with Gasteiger partial charge in [0.25, 0.3) is 10.0 Å². The van der Waals surface area contributed by atoms with Gasteiger partial charge in [-0.15, -0.1) is 0 Å². The highest BCUT2D eigenvalue weighted by Gasteiger charge is 2.20. The largest absolute Gasteiger partial charge is 0.257 e. The highest BCUT2D eigenvalue weighted by atomic mass is 32.2. The van der Waals surface area contributed by atoms with Crippen LogP contribution in [0.4, 0.5) is 0 Å². The molecule has 4 nitrogen and oxygen atoms in total. The lowest BCUT2D eigenvalue weighted by Gasteiger charge is -2.20. The van der Waals surface area contributed by atoms with Gasteiger partial charge in [0.05, 0.1) is 4.90 Å². The number of rotatable bonds is 2. The van der Waals surface area contributed by atoms with E-state index in [1.54, 1.807) is 19.1 Å². The minimum absolute atomic E-state index is 0.0907. The molecule has 0 aliphatic rings. The van der Waals surface area contributed by atoms with Gasteiger partial charge in [-0.1, -0.05) is 32.9 Å². The van der Waals surface area contributed by atoms with Crippen LogP contribution >= 0.6 is 0 Å². The highest BCUT2D eigenvalue weighted by molar-refractivity contribution is 7.89. The topological polar surface area (TPSA) is 72.2 Å². The summed E-state index contributed by atoms with van der Waals surface area (Å²) in [4.78, 5) is 2.09. The molecule has 1 rings (SSSR count). The maximum absolute atomic E-state index is 11.7. The fourth-order valence-electron chi connectivity index (χ4n) is 1.42. The van der Waals surface area contributed by atoms with Crippen LogP contribution in [0.15, 0.2) is 23.1 Å². The van der Waals surface area contributed by atoms with Gasteiger partial charge in [-0.2, -0.15) is 4.83 Å². The molecule has 0 saturated carbocycles. The molecular weight excluding hydrogens is 224 g/mol. The second-order valence-electron chi connectivity index (χ2n) is 4.85. The molecule has 0 aromatic heterocycles. The zero-order valence-electron chi connectivity index (χ0n) is 10.0. The average molecular weight is 242 g/mol. The van der Waals surface area contributed by atoms with Crippen molar-refractivity contribution in [3.63, 3.8) is 0 Å². The summed E-state index contributed by atoms with van der Waals surface area (Å²) in [6.07, 6.45) is 0. The molecule has 0 amide bonds. The first-order chi connectivity index (χ1) is 7.18.